The first-order chi connectivity index (χ1) is 17.1. The summed E-state index contributed by atoms with van der Waals surface area (Å²) < 4.78 is 5.78. The maximum Gasteiger partial charge on any atom is 0.253 e. The summed E-state index contributed by atoms with van der Waals surface area (Å²) in [6, 6.07) is 18.9. The summed E-state index contributed by atoms with van der Waals surface area (Å²) in [4.78, 5) is 30.1. The lowest BCUT2D eigenvalue weighted by Gasteiger charge is -2.32. The van der Waals surface area contributed by atoms with E-state index in [9.17, 15) is 10.1 Å². The Labute approximate surface area is 203 Å². The van der Waals surface area contributed by atoms with Crippen molar-refractivity contribution in [3.05, 3.63) is 83.5 Å². The first-order valence-electron chi connectivity index (χ1n) is 11.5. The average molecular weight is 468 g/mol. The number of nitrogens with one attached hydrogen (secondary N) is 1. The highest BCUT2D eigenvalue weighted by Gasteiger charge is 2.22. The third kappa shape index (κ3) is 4.98. The van der Waals surface area contributed by atoms with Gasteiger partial charge in [0.2, 0.25) is 11.8 Å². The third-order valence-corrected chi connectivity index (χ3v) is 6.10. The monoisotopic (exact) mass is 467 g/mol. The molecule has 1 N–H and O–H groups in total. The number of nitrogens with zero attached hydrogens (tertiary/aromatic N) is 6. The number of rotatable bonds is 6. The van der Waals surface area contributed by atoms with Crippen molar-refractivity contribution in [2.45, 2.75) is 12.5 Å². The number of aromatic nitrogens is 3. The van der Waals surface area contributed by atoms with E-state index in [1.165, 1.54) is 0 Å². The number of carbonyl (C=O) groups excluding carboxylic acids is 1. The molecule has 1 aliphatic rings. The Kier molecular flexibility index (Phi) is 6.37. The van der Waals surface area contributed by atoms with E-state index in [2.05, 4.69) is 38.3 Å². The van der Waals surface area contributed by atoms with Crippen LogP contribution in [-0.4, -0.2) is 63.9 Å². The molecule has 4 aromatic rings. The van der Waals surface area contributed by atoms with Crippen molar-refractivity contribution < 1.29 is 9.21 Å². The molecule has 35 heavy (non-hydrogen) atoms. The van der Waals surface area contributed by atoms with Gasteiger partial charge in [-0.05, 0) is 42.9 Å². The predicted molar refractivity (Wildman–Crippen MR) is 131 cm³/mol. The van der Waals surface area contributed by atoms with Gasteiger partial charge in [0.05, 0.1) is 11.8 Å². The second kappa shape index (κ2) is 9.91. The number of oxazole rings is 1. The molecule has 1 fully saturated rings. The number of fused-ring (bicyclic) bond motifs is 1. The van der Waals surface area contributed by atoms with Gasteiger partial charge in [-0.3, -0.25) is 4.79 Å². The largest absolute Gasteiger partial charge is 0.439 e. The lowest BCUT2D eigenvalue weighted by Crippen LogP contribution is -2.47. The van der Waals surface area contributed by atoms with Gasteiger partial charge in [-0.25, -0.2) is 15.0 Å². The summed E-state index contributed by atoms with van der Waals surface area (Å²) in [5, 5.41) is 13.0. The van der Waals surface area contributed by atoms with E-state index in [0.717, 1.165) is 31.7 Å². The zero-order chi connectivity index (χ0) is 24.2. The van der Waals surface area contributed by atoms with Crippen LogP contribution in [0.2, 0.25) is 0 Å². The number of hydrogen-bond donors (Lipinski definition) is 1. The smallest absolute Gasteiger partial charge is 0.253 e. The van der Waals surface area contributed by atoms with Crippen LogP contribution < -0.4 is 5.32 Å². The van der Waals surface area contributed by atoms with E-state index in [1.54, 1.807) is 12.3 Å². The Balaban J connectivity index is 1.24. The van der Waals surface area contributed by atoms with Crippen LogP contribution in [0, 0.1) is 11.3 Å². The van der Waals surface area contributed by atoms with Crippen molar-refractivity contribution >= 4 is 23.0 Å². The average Bonchev–Trinajstić information content (AvgIpc) is 3.32. The van der Waals surface area contributed by atoms with E-state index in [-0.39, 0.29) is 5.91 Å². The van der Waals surface area contributed by atoms with Crippen molar-refractivity contribution in [2.24, 2.45) is 0 Å². The minimum Gasteiger partial charge on any atom is -0.439 e. The van der Waals surface area contributed by atoms with Crippen LogP contribution in [0.3, 0.4) is 0 Å². The first-order valence-corrected chi connectivity index (χ1v) is 11.5. The van der Waals surface area contributed by atoms with Gasteiger partial charge in [0.1, 0.15) is 5.52 Å². The van der Waals surface area contributed by atoms with Crippen LogP contribution in [0.4, 0.5) is 5.95 Å². The lowest BCUT2D eigenvalue weighted by atomic mass is 10.1. The van der Waals surface area contributed by atoms with E-state index in [4.69, 9.17) is 4.42 Å². The molecule has 2 aromatic heterocycles. The van der Waals surface area contributed by atoms with Crippen LogP contribution in [-0.2, 0) is 6.54 Å². The molecule has 176 valence electrons. The zero-order valence-corrected chi connectivity index (χ0v) is 19.4. The molecule has 0 radical (unpaired) electrons. The highest BCUT2D eigenvalue weighted by molar-refractivity contribution is 5.94. The van der Waals surface area contributed by atoms with Gasteiger partial charge in [-0.2, -0.15) is 5.26 Å². The molecule has 0 aliphatic carbocycles. The van der Waals surface area contributed by atoms with Gasteiger partial charge in [-0.1, -0.05) is 24.3 Å². The standard InChI is InChI=1S/C26H25N7O2/c1-32-12-14-33(15-13-32)25(34)19-8-6-18(7-9-19)17-29-26-28-11-10-21(31-26)20(16-27)24-30-22-4-2-3-5-23(22)35-24/h2-11,20H,12-15,17H2,1H3,(H,28,29,31). The van der Waals surface area contributed by atoms with Crippen molar-refractivity contribution in [2.75, 3.05) is 38.5 Å². The Morgan fingerprint density at radius 3 is 2.60 bits per heavy atom. The predicted octanol–water partition coefficient (Wildman–Crippen LogP) is 3.27. The van der Waals surface area contributed by atoms with Crippen molar-refractivity contribution in [3.8, 4) is 6.07 Å². The van der Waals surface area contributed by atoms with E-state index in [0.29, 0.717) is 40.7 Å². The molecular weight excluding hydrogens is 442 g/mol. The molecule has 9 heteroatoms. The summed E-state index contributed by atoms with van der Waals surface area (Å²) in [6.07, 6.45) is 1.61. The van der Waals surface area contributed by atoms with Crippen molar-refractivity contribution in [3.63, 3.8) is 0 Å². The van der Waals surface area contributed by atoms with Crippen LogP contribution in [0.25, 0.3) is 11.1 Å². The Morgan fingerprint density at radius 2 is 1.86 bits per heavy atom. The Hall–Kier alpha value is -4.29. The number of para-hydroxylation sites is 2. The minimum atomic E-state index is -0.745. The summed E-state index contributed by atoms with van der Waals surface area (Å²) in [7, 11) is 2.07. The molecule has 9 nitrogen and oxygen atoms in total. The van der Waals surface area contributed by atoms with Gasteiger partial charge in [0, 0.05) is 44.5 Å². The first kappa shape index (κ1) is 22.5. The summed E-state index contributed by atoms with van der Waals surface area (Å²) in [5.41, 5.74) is 3.51. The fourth-order valence-electron chi connectivity index (χ4n) is 4.02. The number of piperazine rings is 1. The third-order valence-electron chi connectivity index (χ3n) is 6.10. The Morgan fingerprint density at radius 1 is 1.09 bits per heavy atom. The summed E-state index contributed by atoms with van der Waals surface area (Å²) in [6.45, 7) is 3.77. The zero-order valence-electron chi connectivity index (χ0n) is 19.4. The number of nitriles is 1. The number of amides is 1. The van der Waals surface area contributed by atoms with Gasteiger partial charge in [-0.15, -0.1) is 0 Å². The Bertz CT molecular complexity index is 1340. The molecule has 5 rings (SSSR count). The molecule has 0 saturated carbocycles. The second-order valence-electron chi connectivity index (χ2n) is 8.53. The highest BCUT2D eigenvalue weighted by atomic mass is 16.3. The van der Waals surface area contributed by atoms with E-state index < -0.39 is 5.92 Å². The number of carbonyl (C=O) groups is 1. The number of hydrogen-bond acceptors (Lipinski definition) is 8. The van der Waals surface area contributed by atoms with Crippen molar-refractivity contribution in [1.29, 1.82) is 5.26 Å². The topological polar surface area (TPSA) is 111 Å². The molecule has 2 aromatic carbocycles. The van der Waals surface area contributed by atoms with E-state index >= 15 is 0 Å². The second-order valence-corrected chi connectivity index (χ2v) is 8.53. The molecule has 1 saturated heterocycles. The van der Waals surface area contributed by atoms with Crippen LogP contribution in [0.1, 0.15) is 33.4 Å². The lowest BCUT2D eigenvalue weighted by molar-refractivity contribution is 0.0664. The van der Waals surface area contributed by atoms with E-state index in [1.807, 2.05) is 53.4 Å². The summed E-state index contributed by atoms with van der Waals surface area (Å²) in [5.74, 6) is 0.0246. The molecule has 1 unspecified atom stereocenters. The van der Waals surface area contributed by atoms with Gasteiger partial charge in [0.25, 0.3) is 5.91 Å². The molecule has 1 amide bonds. The minimum absolute atomic E-state index is 0.0652. The number of anilines is 1. The van der Waals surface area contributed by atoms with Gasteiger partial charge < -0.3 is 19.5 Å². The SMILES string of the molecule is CN1CCN(C(=O)c2ccc(CNc3nccc(C(C#N)c4nc5ccccc5o4)n3)cc2)CC1. The normalized spacial score (nSPS) is 15.0. The van der Waals surface area contributed by atoms with Gasteiger partial charge >= 0.3 is 0 Å². The molecular formula is C26H25N7O2. The molecule has 1 atom stereocenters. The number of benzene rings is 2. The number of likely N-dealkylation sites (N-methyl/N-ethyl adjacent to an activating group) is 1. The fourth-order valence-corrected chi connectivity index (χ4v) is 4.02. The maximum atomic E-state index is 12.7. The van der Waals surface area contributed by atoms with Crippen LogP contribution in [0.15, 0.2) is 65.2 Å². The maximum absolute atomic E-state index is 12.7. The van der Waals surface area contributed by atoms with Crippen LogP contribution in [0.5, 0.6) is 0 Å². The van der Waals surface area contributed by atoms with Gasteiger partial charge in [0.15, 0.2) is 11.5 Å². The molecule has 0 spiro atoms. The molecule has 0 bridgehead atoms. The summed E-state index contributed by atoms with van der Waals surface area (Å²) >= 11 is 0. The quantitative estimate of drug-likeness (QED) is 0.460. The van der Waals surface area contributed by atoms with Crippen molar-refractivity contribution in [1.82, 2.24) is 24.8 Å². The van der Waals surface area contributed by atoms with Crippen LogP contribution >= 0.6 is 0 Å². The molecule has 3 heterocycles. The fraction of sp³-hybridized carbons (Fsp3) is 0.269. The highest BCUT2D eigenvalue weighted by Crippen LogP contribution is 2.26. The molecule has 1 aliphatic heterocycles.